The van der Waals surface area contributed by atoms with Gasteiger partial charge < -0.3 is 11.1 Å². The van der Waals surface area contributed by atoms with Crippen molar-refractivity contribution >= 4 is 23.1 Å². The number of hydrogen-bond acceptors (Lipinski definition) is 3. The van der Waals surface area contributed by atoms with Gasteiger partial charge in [-0.2, -0.15) is 0 Å². The first-order chi connectivity index (χ1) is 7.42. The zero-order valence-electron chi connectivity index (χ0n) is 10.6. The number of amides is 1. The SMILES string of the molecule is CCC(C(N)=S)N(CC)CC(=O)NC(C)C. The smallest absolute Gasteiger partial charge is 0.234 e. The van der Waals surface area contributed by atoms with Crippen LogP contribution in [0.25, 0.3) is 0 Å². The van der Waals surface area contributed by atoms with Gasteiger partial charge in [0.1, 0.15) is 0 Å². The minimum Gasteiger partial charge on any atom is -0.392 e. The second-order valence-corrected chi connectivity index (χ2v) is 4.58. The van der Waals surface area contributed by atoms with Crippen molar-refractivity contribution < 1.29 is 4.79 Å². The van der Waals surface area contributed by atoms with Crippen LogP contribution < -0.4 is 11.1 Å². The Morgan fingerprint density at radius 2 is 2.00 bits per heavy atom. The number of rotatable bonds is 7. The fraction of sp³-hybridized carbons (Fsp3) is 0.818. The summed E-state index contributed by atoms with van der Waals surface area (Å²) in [6, 6.07) is 0.175. The summed E-state index contributed by atoms with van der Waals surface area (Å²) in [7, 11) is 0. The maximum absolute atomic E-state index is 11.6. The summed E-state index contributed by atoms with van der Waals surface area (Å²) in [5.74, 6) is 0.0200. The molecule has 0 fully saturated rings. The van der Waals surface area contributed by atoms with E-state index in [1.165, 1.54) is 0 Å². The summed E-state index contributed by atoms with van der Waals surface area (Å²) in [4.78, 5) is 14.1. The molecule has 94 valence electrons. The largest absolute Gasteiger partial charge is 0.392 e. The first-order valence-corrected chi connectivity index (χ1v) is 6.15. The van der Waals surface area contributed by atoms with Gasteiger partial charge in [-0.25, -0.2) is 0 Å². The average molecular weight is 245 g/mol. The molecule has 1 amide bonds. The van der Waals surface area contributed by atoms with Crippen molar-refractivity contribution in [1.82, 2.24) is 10.2 Å². The Morgan fingerprint density at radius 1 is 1.44 bits per heavy atom. The normalized spacial score (nSPS) is 12.9. The van der Waals surface area contributed by atoms with E-state index >= 15 is 0 Å². The van der Waals surface area contributed by atoms with Gasteiger partial charge in [0.15, 0.2) is 0 Å². The summed E-state index contributed by atoms with van der Waals surface area (Å²) in [6.45, 7) is 9.03. The lowest BCUT2D eigenvalue weighted by Gasteiger charge is -2.28. The van der Waals surface area contributed by atoms with Crippen molar-refractivity contribution in [1.29, 1.82) is 0 Å². The van der Waals surface area contributed by atoms with Crippen LogP contribution in [0.1, 0.15) is 34.1 Å². The molecule has 16 heavy (non-hydrogen) atoms. The highest BCUT2D eigenvalue weighted by atomic mass is 32.1. The van der Waals surface area contributed by atoms with Gasteiger partial charge in [-0.1, -0.05) is 26.1 Å². The molecular weight excluding hydrogens is 222 g/mol. The van der Waals surface area contributed by atoms with Gasteiger partial charge in [0.25, 0.3) is 0 Å². The third-order valence-corrected chi connectivity index (χ3v) is 2.63. The lowest BCUT2D eigenvalue weighted by atomic mass is 10.2. The van der Waals surface area contributed by atoms with E-state index < -0.39 is 0 Å². The number of nitrogens with zero attached hydrogens (tertiary/aromatic N) is 1. The quantitative estimate of drug-likeness (QED) is 0.654. The molecule has 0 bridgehead atoms. The van der Waals surface area contributed by atoms with Crippen LogP contribution >= 0.6 is 12.2 Å². The molecule has 3 N–H and O–H groups in total. The van der Waals surface area contributed by atoms with Crippen LogP contribution in [0.2, 0.25) is 0 Å². The summed E-state index contributed by atoms with van der Waals surface area (Å²) in [5.41, 5.74) is 5.66. The zero-order valence-corrected chi connectivity index (χ0v) is 11.4. The molecule has 0 aromatic carbocycles. The highest BCUT2D eigenvalue weighted by molar-refractivity contribution is 7.80. The highest BCUT2D eigenvalue weighted by Gasteiger charge is 2.20. The fourth-order valence-corrected chi connectivity index (χ4v) is 1.95. The Balaban J connectivity index is 4.38. The van der Waals surface area contributed by atoms with Crippen molar-refractivity contribution in [2.45, 2.75) is 46.2 Å². The van der Waals surface area contributed by atoms with Gasteiger partial charge in [0.05, 0.1) is 17.6 Å². The Kier molecular flexibility index (Phi) is 7.25. The Morgan fingerprint density at radius 3 is 2.31 bits per heavy atom. The van der Waals surface area contributed by atoms with Crippen LogP contribution in [0.15, 0.2) is 0 Å². The van der Waals surface area contributed by atoms with Crippen molar-refractivity contribution in [2.75, 3.05) is 13.1 Å². The standard InChI is InChI=1S/C11H23N3OS/c1-5-9(11(12)16)14(6-2)7-10(15)13-8(3)4/h8-9H,5-7H2,1-4H3,(H2,12,16)(H,13,15). The maximum Gasteiger partial charge on any atom is 0.234 e. The van der Waals surface area contributed by atoms with Crippen LogP contribution in [0.3, 0.4) is 0 Å². The van der Waals surface area contributed by atoms with E-state index in [-0.39, 0.29) is 18.0 Å². The molecule has 0 rings (SSSR count). The molecule has 0 saturated heterocycles. The van der Waals surface area contributed by atoms with Crippen molar-refractivity contribution in [3.8, 4) is 0 Å². The third-order valence-electron chi connectivity index (χ3n) is 2.36. The van der Waals surface area contributed by atoms with Crippen molar-refractivity contribution in [3.63, 3.8) is 0 Å². The van der Waals surface area contributed by atoms with Gasteiger partial charge in [-0.15, -0.1) is 0 Å². The van der Waals surface area contributed by atoms with Gasteiger partial charge in [0.2, 0.25) is 5.91 Å². The fourth-order valence-electron chi connectivity index (χ4n) is 1.63. The minimum absolute atomic E-state index is 0.0120. The summed E-state index contributed by atoms with van der Waals surface area (Å²) >= 11 is 5.00. The number of carbonyl (C=O) groups excluding carboxylic acids is 1. The molecule has 0 aromatic rings. The number of likely N-dealkylation sites (N-methyl/N-ethyl adjacent to an activating group) is 1. The van der Waals surface area contributed by atoms with E-state index in [0.717, 1.165) is 13.0 Å². The van der Waals surface area contributed by atoms with E-state index in [1.807, 2.05) is 32.6 Å². The van der Waals surface area contributed by atoms with Gasteiger partial charge in [0, 0.05) is 6.04 Å². The van der Waals surface area contributed by atoms with Crippen LogP contribution in [0.4, 0.5) is 0 Å². The second-order valence-electron chi connectivity index (χ2n) is 4.11. The molecule has 4 nitrogen and oxygen atoms in total. The van der Waals surface area contributed by atoms with E-state index in [2.05, 4.69) is 5.32 Å². The van der Waals surface area contributed by atoms with Gasteiger partial charge >= 0.3 is 0 Å². The lowest BCUT2D eigenvalue weighted by molar-refractivity contribution is -0.122. The topological polar surface area (TPSA) is 58.4 Å². The van der Waals surface area contributed by atoms with E-state index in [9.17, 15) is 4.79 Å². The minimum atomic E-state index is 0.0120. The highest BCUT2D eigenvalue weighted by Crippen LogP contribution is 2.04. The molecule has 0 saturated carbocycles. The van der Waals surface area contributed by atoms with E-state index in [0.29, 0.717) is 11.5 Å². The molecule has 5 heteroatoms. The number of thiocarbonyl (C=S) groups is 1. The van der Waals surface area contributed by atoms with Crippen LogP contribution in [-0.4, -0.2) is 41.0 Å². The van der Waals surface area contributed by atoms with Gasteiger partial charge in [-0.3, -0.25) is 9.69 Å². The Labute approximate surface area is 104 Å². The molecular formula is C11H23N3OS. The van der Waals surface area contributed by atoms with Crippen molar-refractivity contribution in [3.05, 3.63) is 0 Å². The van der Waals surface area contributed by atoms with Crippen LogP contribution in [0, 0.1) is 0 Å². The molecule has 0 aliphatic carbocycles. The van der Waals surface area contributed by atoms with Crippen molar-refractivity contribution in [2.24, 2.45) is 5.73 Å². The third kappa shape index (κ3) is 5.42. The second kappa shape index (κ2) is 7.57. The van der Waals surface area contributed by atoms with Gasteiger partial charge in [-0.05, 0) is 26.8 Å². The molecule has 0 heterocycles. The molecule has 0 aliphatic heterocycles. The average Bonchev–Trinajstić information content (AvgIpc) is 2.15. The summed E-state index contributed by atoms with van der Waals surface area (Å²) in [6.07, 6.45) is 0.831. The lowest BCUT2D eigenvalue weighted by Crippen LogP contribution is -2.48. The van der Waals surface area contributed by atoms with E-state index in [4.69, 9.17) is 18.0 Å². The zero-order chi connectivity index (χ0) is 12.7. The van der Waals surface area contributed by atoms with E-state index in [1.54, 1.807) is 0 Å². The molecule has 0 spiro atoms. The van der Waals surface area contributed by atoms with Crippen LogP contribution in [0.5, 0.6) is 0 Å². The number of nitrogens with one attached hydrogen (secondary N) is 1. The molecule has 0 radical (unpaired) electrons. The number of hydrogen-bond donors (Lipinski definition) is 2. The molecule has 0 aromatic heterocycles. The maximum atomic E-state index is 11.6. The molecule has 1 atom stereocenters. The Bertz CT molecular complexity index is 243. The number of carbonyl (C=O) groups is 1. The number of nitrogens with two attached hydrogens (primary N) is 1. The Hall–Kier alpha value is -0.680. The molecule has 0 aliphatic rings. The summed E-state index contributed by atoms with van der Waals surface area (Å²) < 4.78 is 0. The first-order valence-electron chi connectivity index (χ1n) is 5.75. The summed E-state index contributed by atoms with van der Waals surface area (Å²) in [5, 5.41) is 2.86. The van der Waals surface area contributed by atoms with Crippen LogP contribution in [-0.2, 0) is 4.79 Å². The predicted octanol–water partition coefficient (Wildman–Crippen LogP) is 0.898. The monoisotopic (exact) mass is 245 g/mol. The molecule has 1 unspecified atom stereocenters. The predicted molar refractivity (Wildman–Crippen MR) is 71.4 cm³/mol. The first kappa shape index (κ1) is 15.3.